The molecule has 0 radical (unpaired) electrons. The summed E-state index contributed by atoms with van der Waals surface area (Å²) in [7, 11) is 0. The summed E-state index contributed by atoms with van der Waals surface area (Å²) in [6.45, 7) is 1.79. The lowest BCUT2D eigenvalue weighted by atomic mass is 10.2. The maximum absolute atomic E-state index is 13.2. The molecule has 1 aromatic heterocycles. The number of nitrogens with zero attached hydrogens (tertiary/aromatic N) is 3. The average Bonchev–Trinajstić information content (AvgIpc) is 2.88. The van der Waals surface area contributed by atoms with Crippen LogP contribution in [0.2, 0.25) is 5.02 Å². The number of unbranched alkanes of at least 4 members (excludes halogenated alkanes) is 1. The number of hydrogen-bond acceptors (Lipinski definition) is 5. The normalized spacial score (nSPS) is 11.2. The first-order valence-electron chi connectivity index (χ1n) is 11.6. The predicted octanol–water partition coefficient (Wildman–Crippen LogP) is 6.19. The second kappa shape index (κ2) is 12.1. The van der Waals surface area contributed by atoms with Gasteiger partial charge in [-0.15, -0.1) is 0 Å². The van der Waals surface area contributed by atoms with Crippen LogP contribution in [0.25, 0.3) is 10.9 Å². The lowest BCUT2D eigenvalue weighted by Gasteiger charge is -2.10. The molecule has 190 valence electrons. The zero-order chi connectivity index (χ0) is 26.4. The van der Waals surface area contributed by atoms with Crippen LogP contribution in [-0.4, -0.2) is 28.4 Å². The molecule has 0 spiro atoms. The maximum atomic E-state index is 13.2. The van der Waals surface area contributed by atoms with Crippen molar-refractivity contribution in [3.8, 4) is 5.75 Å². The molecule has 0 aliphatic rings. The van der Waals surface area contributed by atoms with Gasteiger partial charge in [0.2, 0.25) is 0 Å². The highest BCUT2D eigenvalue weighted by Crippen LogP contribution is 2.25. The Labute approximate surface area is 226 Å². The number of rotatable bonds is 9. The molecule has 7 nitrogen and oxygen atoms in total. The van der Waals surface area contributed by atoms with Crippen LogP contribution in [0.15, 0.2) is 75.0 Å². The first-order chi connectivity index (χ1) is 17.8. The Morgan fingerprint density at radius 1 is 1.19 bits per heavy atom. The summed E-state index contributed by atoms with van der Waals surface area (Å²) < 4.78 is 20.6. The molecule has 0 saturated carbocycles. The molecule has 3 aromatic carbocycles. The minimum Gasteiger partial charge on any atom is -0.482 e. The van der Waals surface area contributed by atoms with E-state index in [0.29, 0.717) is 40.1 Å². The van der Waals surface area contributed by atoms with Crippen LogP contribution in [0.5, 0.6) is 5.75 Å². The summed E-state index contributed by atoms with van der Waals surface area (Å²) in [6, 6.07) is 15.8. The van der Waals surface area contributed by atoms with Crippen molar-refractivity contribution >= 4 is 56.2 Å². The standard InChI is InChI=1S/C27H23BrClFN4O3/c1-2-3-4-25-33-23-11-6-18(28)14-21(23)27(36)34(25)31-15-17-5-12-24(22(29)13-17)37-16-26(35)32-20-9-7-19(30)8-10-20/h5-15H,2-4,16H2,1H3,(H,32,35). The van der Waals surface area contributed by atoms with Gasteiger partial charge in [-0.25, -0.2) is 9.37 Å². The largest absolute Gasteiger partial charge is 0.482 e. The smallest absolute Gasteiger partial charge is 0.282 e. The summed E-state index contributed by atoms with van der Waals surface area (Å²) in [6.07, 6.45) is 3.97. The topological polar surface area (TPSA) is 85.6 Å². The summed E-state index contributed by atoms with van der Waals surface area (Å²) in [5.74, 6) is 0.0849. The first-order valence-corrected chi connectivity index (χ1v) is 12.7. The third-order valence-electron chi connectivity index (χ3n) is 5.39. The number of carbonyl (C=O) groups excluding carboxylic acids is 1. The van der Waals surface area contributed by atoms with Crippen LogP contribution < -0.4 is 15.6 Å². The SMILES string of the molecule is CCCCc1nc2ccc(Br)cc2c(=O)n1N=Cc1ccc(OCC(=O)Nc2ccc(F)cc2)c(Cl)c1. The van der Waals surface area contributed by atoms with Crippen LogP contribution >= 0.6 is 27.5 Å². The van der Waals surface area contributed by atoms with Crippen molar-refractivity contribution in [2.45, 2.75) is 26.2 Å². The van der Waals surface area contributed by atoms with Gasteiger partial charge in [-0.05, 0) is 72.6 Å². The van der Waals surface area contributed by atoms with E-state index in [0.717, 1.165) is 17.3 Å². The van der Waals surface area contributed by atoms with Crippen LogP contribution in [0, 0.1) is 5.82 Å². The highest BCUT2D eigenvalue weighted by Gasteiger charge is 2.12. The number of aryl methyl sites for hydroxylation is 1. The lowest BCUT2D eigenvalue weighted by Crippen LogP contribution is -2.22. The summed E-state index contributed by atoms with van der Waals surface area (Å²) in [5, 5.41) is 7.77. The van der Waals surface area contributed by atoms with Gasteiger partial charge >= 0.3 is 0 Å². The minimum atomic E-state index is -0.414. The van der Waals surface area contributed by atoms with Gasteiger partial charge < -0.3 is 10.1 Å². The molecule has 0 fully saturated rings. The summed E-state index contributed by atoms with van der Waals surface area (Å²) in [5.41, 5.74) is 1.46. The predicted molar refractivity (Wildman–Crippen MR) is 147 cm³/mol. The maximum Gasteiger partial charge on any atom is 0.282 e. The Kier molecular flexibility index (Phi) is 8.68. The number of aromatic nitrogens is 2. The minimum absolute atomic E-state index is 0.258. The second-order valence-electron chi connectivity index (χ2n) is 8.19. The van der Waals surface area contributed by atoms with Crippen molar-refractivity contribution in [2.24, 2.45) is 5.10 Å². The molecule has 0 unspecified atom stereocenters. The number of benzene rings is 3. The van der Waals surface area contributed by atoms with Crippen molar-refractivity contribution in [3.05, 3.63) is 97.7 Å². The molecule has 4 aromatic rings. The Bertz CT molecular complexity index is 1520. The van der Waals surface area contributed by atoms with Crippen LogP contribution in [0.1, 0.15) is 31.2 Å². The van der Waals surface area contributed by atoms with E-state index in [1.165, 1.54) is 35.2 Å². The third kappa shape index (κ3) is 6.81. The van der Waals surface area contributed by atoms with Gasteiger partial charge in [0, 0.05) is 16.6 Å². The fraction of sp³-hybridized carbons (Fsp3) is 0.185. The van der Waals surface area contributed by atoms with E-state index in [4.69, 9.17) is 16.3 Å². The highest BCUT2D eigenvalue weighted by atomic mass is 79.9. The van der Waals surface area contributed by atoms with E-state index in [1.807, 2.05) is 12.1 Å². The molecule has 1 amide bonds. The number of anilines is 1. The van der Waals surface area contributed by atoms with Crippen molar-refractivity contribution in [1.82, 2.24) is 9.66 Å². The van der Waals surface area contributed by atoms with E-state index in [1.54, 1.807) is 24.3 Å². The molecular weight excluding hydrogens is 563 g/mol. The van der Waals surface area contributed by atoms with Gasteiger partial charge in [-0.3, -0.25) is 9.59 Å². The van der Waals surface area contributed by atoms with Crippen molar-refractivity contribution < 1.29 is 13.9 Å². The number of carbonyl (C=O) groups is 1. The fourth-order valence-electron chi connectivity index (χ4n) is 3.52. The fourth-order valence-corrected chi connectivity index (χ4v) is 4.13. The molecule has 0 aliphatic carbocycles. The van der Waals surface area contributed by atoms with Crippen LogP contribution in [-0.2, 0) is 11.2 Å². The van der Waals surface area contributed by atoms with E-state index in [2.05, 4.69) is 38.3 Å². The molecule has 1 heterocycles. The van der Waals surface area contributed by atoms with E-state index >= 15 is 0 Å². The number of halogens is 3. The summed E-state index contributed by atoms with van der Waals surface area (Å²) in [4.78, 5) is 30.0. The van der Waals surface area contributed by atoms with Gasteiger partial charge in [-0.1, -0.05) is 40.9 Å². The van der Waals surface area contributed by atoms with Gasteiger partial charge in [0.15, 0.2) is 6.61 Å². The molecular formula is C27H23BrClFN4O3. The first kappa shape index (κ1) is 26.5. The third-order valence-corrected chi connectivity index (χ3v) is 6.18. The van der Waals surface area contributed by atoms with Crippen molar-refractivity contribution in [2.75, 3.05) is 11.9 Å². The Balaban J connectivity index is 1.50. The molecule has 0 bridgehead atoms. The molecule has 0 saturated heterocycles. The highest BCUT2D eigenvalue weighted by molar-refractivity contribution is 9.10. The summed E-state index contributed by atoms with van der Waals surface area (Å²) >= 11 is 9.76. The Morgan fingerprint density at radius 3 is 2.70 bits per heavy atom. The number of nitrogens with one attached hydrogen (secondary N) is 1. The monoisotopic (exact) mass is 584 g/mol. The second-order valence-corrected chi connectivity index (χ2v) is 9.51. The van der Waals surface area contributed by atoms with Gasteiger partial charge in [0.05, 0.1) is 22.1 Å². The Hall–Kier alpha value is -3.56. The van der Waals surface area contributed by atoms with E-state index in [-0.39, 0.29) is 17.2 Å². The van der Waals surface area contributed by atoms with E-state index in [9.17, 15) is 14.0 Å². The zero-order valence-corrected chi connectivity index (χ0v) is 22.2. The van der Waals surface area contributed by atoms with E-state index < -0.39 is 11.7 Å². The quantitative estimate of drug-likeness (QED) is 0.237. The average molecular weight is 586 g/mol. The molecule has 0 aliphatic heterocycles. The zero-order valence-electron chi connectivity index (χ0n) is 19.9. The van der Waals surface area contributed by atoms with Gasteiger partial charge in [-0.2, -0.15) is 9.78 Å². The van der Waals surface area contributed by atoms with Crippen molar-refractivity contribution in [1.29, 1.82) is 0 Å². The van der Waals surface area contributed by atoms with Crippen LogP contribution in [0.4, 0.5) is 10.1 Å². The molecule has 0 atom stereocenters. The molecule has 1 N–H and O–H groups in total. The number of fused-ring (bicyclic) bond motifs is 1. The molecule has 37 heavy (non-hydrogen) atoms. The number of ether oxygens (including phenoxy) is 1. The number of amides is 1. The van der Waals surface area contributed by atoms with Crippen molar-refractivity contribution in [3.63, 3.8) is 0 Å². The number of hydrogen-bond donors (Lipinski definition) is 1. The Morgan fingerprint density at radius 2 is 1.97 bits per heavy atom. The van der Waals surface area contributed by atoms with Gasteiger partial charge in [0.1, 0.15) is 17.4 Å². The lowest BCUT2D eigenvalue weighted by molar-refractivity contribution is -0.118. The van der Waals surface area contributed by atoms with Gasteiger partial charge in [0.25, 0.3) is 11.5 Å². The van der Waals surface area contributed by atoms with Crippen LogP contribution in [0.3, 0.4) is 0 Å². The molecule has 10 heteroatoms. The molecule has 4 rings (SSSR count).